The van der Waals surface area contributed by atoms with E-state index in [9.17, 15) is 0 Å². The third-order valence-electron chi connectivity index (χ3n) is 5.04. The highest BCUT2D eigenvalue weighted by Crippen LogP contribution is 2.30. The van der Waals surface area contributed by atoms with Gasteiger partial charge in [0.15, 0.2) is 11.7 Å². The van der Waals surface area contributed by atoms with Crippen LogP contribution in [0.3, 0.4) is 0 Å². The Balaban J connectivity index is 2.03. The highest BCUT2D eigenvalue weighted by molar-refractivity contribution is 5.89. The van der Waals surface area contributed by atoms with Gasteiger partial charge in [0.05, 0.1) is 7.05 Å². The van der Waals surface area contributed by atoms with Crippen molar-refractivity contribution in [2.45, 2.75) is 20.0 Å². The average molecular weight is 332 g/mol. The van der Waals surface area contributed by atoms with Gasteiger partial charge in [-0.15, -0.1) is 0 Å². The van der Waals surface area contributed by atoms with Crippen molar-refractivity contribution in [2.75, 3.05) is 11.9 Å². The van der Waals surface area contributed by atoms with Crippen molar-refractivity contribution >= 4 is 16.7 Å². The Kier molecular flexibility index (Phi) is 3.64. The second kappa shape index (κ2) is 5.84. The number of aromatic nitrogens is 3. The van der Waals surface area contributed by atoms with Gasteiger partial charge in [0.1, 0.15) is 18.2 Å². The third-order valence-corrected chi connectivity index (χ3v) is 5.04. The fraction of sp³-hybridized carbons (Fsp3) is 0.250. The minimum Gasteiger partial charge on any atom is -0.339 e. The van der Waals surface area contributed by atoms with Crippen LogP contribution in [-0.2, 0) is 7.05 Å². The molecule has 3 aromatic rings. The van der Waals surface area contributed by atoms with Crippen molar-refractivity contribution in [3.05, 3.63) is 60.8 Å². The summed E-state index contributed by atoms with van der Waals surface area (Å²) in [5.41, 5.74) is 4.59. The molecule has 0 saturated carbocycles. The third kappa shape index (κ3) is 2.43. The maximum Gasteiger partial charge on any atom is 0.310 e. The summed E-state index contributed by atoms with van der Waals surface area (Å²) in [5, 5.41) is 1.05. The first-order chi connectivity index (χ1) is 12.1. The standard InChI is InChI=1S/C20H22N5/c1-14-7-5-6-8-17(14)18-11-16-12-21-13-22-19(16)20(24(18)4)25-10-9-23(3)15(25)2/h5-13,15H,1-4H3/q+1/t15-/m0/s1. The molecule has 0 fully saturated rings. The predicted molar refractivity (Wildman–Crippen MR) is 99.7 cm³/mol. The Labute approximate surface area is 147 Å². The van der Waals surface area contributed by atoms with Crippen LogP contribution in [-0.4, -0.2) is 28.1 Å². The van der Waals surface area contributed by atoms with E-state index in [0.717, 1.165) is 22.4 Å². The van der Waals surface area contributed by atoms with Crippen LogP contribution in [0.5, 0.6) is 0 Å². The summed E-state index contributed by atoms with van der Waals surface area (Å²) >= 11 is 0. The Bertz CT molecular complexity index is 979. The maximum atomic E-state index is 4.58. The van der Waals surface area contributed by atoms with Gasteiger partial charge < -0.3 is 4.90 Å². The average Bonchev–Trinajstić information content (AvgIpc) is 2.94. The fourth-order valence-corrected chi connectivity index (χ4v) is 3.43. The van der Waals surface area contributed by atoms with E-state index < -0.39 is 0 Å². The minimum atomic E-state index is 0.233. The molecule has 0 bridgehead atoms. The van der Waals surface area contributed by atoms with E-state index in [1.54, 1.807) is 6.33 Å². The first-order valence-corrected chi connectivity index (χ1v) is 8.45. The lowest BCUT2D eigenvalue weighted by atomic mass is 10.0. The van der Waals surface area contributed by atoms with E-state index >= 15 is 0 Å². The summed E-state index contributed by atoms with van der Waals surface area (Å²) in [6.45, 7) is 4.33. The van der Waals surface area contributed by atoms with Gasteiger partial charge in [0.2, 0.25) is 0 Å². The molecule has 3 heterocycles. The zero-order chi connectivity index (χ0) is 17.6. The molecule has 2 aromatic heterocycles. The van der Waals surface area contributed by atoms with Gasteiger partial charge in [-0.2, -0.15) is 0 Å². The SMILES string of the molecule is Cc1ccccc1-c1cc2cncnc2c(N2C=CN(C)[C@@H]2C)[n+]1C. The number of rotatable bonds is 2. The fourth-order valence-electron chi connectivity index (χ4n) is 3.43. The van der Waals surface area contributed by atoms with Crippen LogP contribution in [0.4, 0.5) is 5.82 Å². The summed E-state index contributed by atoms with van der Waals surface area (Å²) < 4.78 is 2.23. The molecule has 0 unspecified atom stereocenters. The van der Waals surface area contributed by atoms with Crippen molar-refractivity contribution in [1.29, 1.82) is 0 Å². The highest BCUT2D eigenvalue weighted by Gasteiger charge is 2.33. The molecule has 1 aliphatic rings. The van der Waals surface area contributed by atoms with E-state index in [4.69, 9.17) is 0 Å². The van der Waals surface area contributed by atoms with Gasteiger partial charge in [0, 0.05) is 30.4 Å². The molecule has 1 atom stereocenters. The number of nitrogens with zero attached hydrogens (tertiary/aromatic N) is 5. The van der Waals surface area contributed by atoms with Crippen LogP contribution >= 0.6 is 0 Å². The lowest BCUT2D eigenvalue weighted by molar-refractivity contribution is -0.646. The minimum absolute atomic E-state index is 0.233. The zero-order valence-corrected chi connectivity index (χ0v) is 15.0. The lowest BCUT2D eigenvalue weighted by Gasteiger charge is -2.23. The van der Waals surface area contributed by atoms with Crippen LogP contribution in [0.15, 0.2) is 55.3 Å². The summed E-state index contributed by atoms with van der Waals surface area (Å²) in [5.74, 6) is 1.08. The summed E-state index contributed by atoms with van der Waals surface area (Å²) in [7, 11) is 4.20. The molecule has 126 valence electrons. The summed E-state index contributed by atoms with van der Waals surface area (Å²) in [6.07, 6.45) is 7.95. The van der Waals surface area contributed by atoms with Gasteiger partial charge in [-0.25, -0.2) is 19.4 Å². The molecule has 0 aliphatic carbocycles. The first kappa shape index (κ1) is 15.6. The monoisotopic (exact) mass is 332 g/mol. The lowest BCUT2D eigenvalue weighted by Crippen LogP contribution is -2.44. The highest BCUT2D eigenvalue weighted by atomic mass is 15.4. The van der Waals surface area contributed by atoms with E-state index in [0.29, 0.717) is 0 Å². The molecule has 1 aliphatic heterocycles. The molecular weight excluding hydrogens is 310 g/mol. The second-order valence-electron chi connectivity index (χ2n) is 6.56. The Morgan fingerprint density at radius 3 is 2.68 bits per heavy atom. The van der Waals surface area contributed by atoms with Crippen LogP contribution < -0.4 is 9.47 Å². The van der Waals surface area contributed by atoms with Gasteiger partial charge in [-0.3, -0.25) is 0 Å². The summed E-state index contributed by atoms with van der Waals surface area (Å²) in [4.78, 5) is 13.3. The molecule has 0 N–H and O–H groups in total. The van der Waals surface area contributed by atoms with Crippen LogP contribution in [0, 0.1) is 6.92 Å². The Morgan fingerprint density at radius 1 is 1.16 bits per heavy atom. The van der Waals surface area contributed by atoms with Gasteiger partial charge in [-0.05, 0) is 25.5 Å². The maximum absolute atomic E-state index is 4.58. The summed E-state index contributed by atoms with van der Waals surface area (Å²) in [6, 6.07) is 10.6. The van der Waals surface area contributed by atoms with Crippen molar-refractivity contribution in [2.24, 2.45) is 7.05 Å². The van der Waals surface area contributed by atoms with Crippen LogP contribution in [0.2, 0.25) is 0 Å². The van der Waals surface area contributed by atoms with Crippen molar-refractivity contribution in [3.63, 3.8) is 0 Å². The van der Waals surface area contributed by atoms with E-state index in [1.807, 2.05) is 6.20 Å². The number of pyridine rings is 1. The largest absolute Gasteiger partial charge is 0.339 e. The number of anilines is 1. The molecule has 0 amide bonds. The van der Waals surface area contributed by atoms with Crippen molar-refractivity contribution < 1.29 is 4.57 Å². The van der Waals surface area contributed by atoms with Gasteiger partial charge in [-0.1, -0.05) is 24.3 Å². The normalized spacial score (nSPS) is 16.9. The number of hydrogen-bond acceptors (Lipinski definition) is 4. The molecule has 5 nitrogen and oxygen atoms in total. The molecule has 1 aromatic carbocycles. The Hall–Kier alpha value is -2.95. The Morgan fingerprint density at radius 2 is 1.96 bits per heavy atom. The first-order valence-electron chi connectivity index (χ1n) is 8.45. The van der Waals surface area contributed by atoms with E-state index in [1.165, 1.54) is 11.1 Å². The van der Waals surface area contributed by atoms with Crippen molar-refractivity contribution in [1.82, 2.24) is 14.9 Å². The number of fused-ring (bicyclic) bond motifs is 1. The second-order valence-corrected chi connectivity index (χ2v) is 6.56. The van der Waals surface area contributed by atoms with Crippen molar-refractivity contribution in [3.8, 4) is 11.3 Å². The van der Waals surface area contributed by atoms with Crippen LogP contribution in [0.25, 0.3) is 22.2 Å². The van der Waals surface area contributed by atoms with E-state index in [-0.39, 0.29) is 6.17 Å². The molecule has 25 heavy (non-hydrogen) atoms. The predicted octanol–water partition coefficient (Wildman–Crippen LogP) is 3.00. The quantitative estimate of drug-likeness (QED) is 0.676. The zero-order valence-electron chi connectivity index (χ0n) is 15.0. The number of aryl methyl sites for hydroxylation is 1. The van der Waals surface area contributed by atoms with E-state index in [2.05, 4.69) is 95.0 Å². The molecule has 0 radical (unpaired) electrons. The topological polar surface area (TPSA) is 36.1 Å². The smallest absolute Gasteiger partial charge is 0.310 e. The molecule has 5 heteroatoms. The van der Waals surface area contributed by atoms with Crippen LogP contribution in [0.1, 0.15) is 12.5 Å². The molecule has 4 rings (SSSR count). The number of benzene rings is 1. The molecule has 0 spiro atoms. The van der Waals surface area contributed by atoms with Gasteiger partial charge >= 0.3 is 5.82 Å². The molecule has 0 saturated heterocycles. The molecular formula is C20H22N5+. The van der Waals surface area contributed by atoms with Gasteiger partial charge in [0.25, 0.3) is 0 Å². The number of hydrogen-bond donors (Lipinski definition) is 0.